The second-order valence-corrected chi connectivity index (χ2v) is 5.13. The number of ether oxygens (including phenoxy) is 1. The highest BCUT2D eigenvalue weighted by molar-refractivity contribution is 5.99. The quantitative estimate of drug-likeness (QED) is 0.872. The summed E-state index contributed by atoms with van der Waals surface area (Å²) >= 11 is 0. The summed E-state index contributed by atoms with van der Waals surface area (Å²) < 4.78 is 10.6. The van der Waals surface area contributed by atoms with E-state index < -0.39 is 18.0 Å². The molecule has 1 aromatic heterocycles. The largest absolute Gasteiger partial charge is 0.452 e. The Bertz CT molecular complexity index is 725. The monoisotopic (exact) mass is 301 g/mol. The number of benzene rings is 1. The Hall–Kier alpha value is -2.70. The van der Waals surface area contributed by atoms with E-state index in [-0.39, 0.29) is 18.2 Å². The number of fused-ring (bicyclic) bond motifs is 1. The number of carbonyl (C=O) groups is 2. The lowest BCUT2D eigenvalue weighted by Crippen LogP contribution is -2.29. The van der Waals surface area contributed by atoms with Crippen molar-refractivity contribution in [2.24, 2.45) is 0 Å². The molecule has 0 radical (unpaired) electrons. The lowest BCUT2D eigenvalue weighted by atomic mass is 9.90. The van der Waals surface area contributed by atoms with E-state index in [1.54, 1.807) is 26.0 Å². The molecule has 1 aliphatic heterocycles. The third kappa shape index (κ3) is 2.69. The average molecular weight is 301 g/mol. The standard InChI is InChI=1S/C15H15N3O4/c1-8(14-18-17-9(2)22-14)21-15(20)11-7-13(19)16-12-6-4-3-5-10(11)12/h3-6,8,11H,7H2,1-2H3,(H,16,19)/t8-,11-/m0/s1. The van der Waals surface area contributed by atoms with Crippen molar-refractivity contribution in [3.05, 3.63) is 41.6 Å². The first kappa shape index (κ1) is 14.2. The van der Waals surface area contributed by atoms with Crippen LogP contribution in [0.3, 0.4) is 0 Å². The fraction of sp³-hybridized carbons (Fsp3) is 0.333. The Morgan fingerprint density at radius 1 is 1.41 bits per heavy atom. The summed E-state index contributed by atoms with van der Waals surface area (Å²) in [5, 5.41) is 10.3. The van der Waals surface area contributed by atoms with Gasteiger partial charge in [-0.2, -0.15) is 0 Å². The van der Waals surface area contributed by atoms with Gasteiger partial charge >= 0.3 is 5.97 Å². The van der Waals surface area contributed by atoms with Gasteiger partial charge in [-0.1, -0.05) is 18.2 Å². The van der Waals surface area contributed by atoms with Gasteiger partial charge in [-0.3, -0.25) is 9.59 Å². The maximum absolute atomic E-state index is 12.4. The molecule has 0 saturated heterocycles. The van der Waals surface area contributed by atoms with Crippen LogP contribution in [0.15, 0.2) is 28.7 Å². The number of para-hydroxylation sites is 1. The fourth-order valence-electron chi connectivity index (χ4n) is 2.40. The van der Waals surface area contributed by atoms with Gasteiger partial charge in [-0.05, 0) is 18.6 Å². The minimum Gasteiger partial charge on any atom is -0.452 e. The summed E-state index contributed by atoms with van der Waals surface area (Å²) in [5.74, 6) is -0.677. The van der Waals surface area contributed by atoms with E-state index in [1.807, 2.05) is 12.1 Å². The van der Waals surface area contributed by atoms with Crippen LogP contribution in [0.2, 0.25) is 0 Å². The van der Waals surface area contributed by atoms with Crippen molar-refractivity contribution in [2.45, 2.75) is 32.3 Å². The first-order valence-corrected chi connectivity index (χ1v) is 6.94. The van der Waals surface area contributed by atoms with Crippen molar-refractivity contribution >= 4 is 17.6 Å². The van der Waals surface area contributed by atoms with Crippen LogP contribution >= 0.6 is 0 Å². The molecule has 0 spiro atoms. The molecule has 7 nitrogen and oxygen atoms in total. The van der Waals surface area contributed by atoms with Crippen molar-refractivity contribution in [3.63, 3.8) is 0 Å². The Morgan fingerprint density at radius 3 is 2.91 bits per heavy atom. The molecule has 0 saturated carbocycles. The summed E-state index contributed by atoms with van der Waals surface area (Å²) in [6.07, 6.45) is -0.600. The molecule has 2 atom stereocenters. The van der Waals surface area contributed by atoms with Gasteiger partial charge in [0, 0.05) is 19.0 Å². The lowest BCUT2D eigenvalue weighted by molar-refractivity contribution is -0.152. The zero-order valence-corrected chi connectivity index (χ0v) is 12.2. The number of aryl methyl sites for hydroxylation is 1. The van der Waals surface area contributed by atoms with E-state index in [0.29, 0.717) is 11.6 Å². The molecule has 3 rings (SSSR count). The van der Waals surface area contributed by atoms with Gasteiger partial charge in [-0.15, -0.1) is 10.2 Å². The first-order valence-electron chi connectivity index (χ1n) is 6.94. The predicted octanol–water partition coefficient (Wildman–Crippen LogP) is 2.11. The smallest absolute Gasteiger partial charge is 0.314 e. The SMILES string of the molecule is Cc1nnc([C@H](C)OC(=O)[C@H]2CC(=O)Nc3ccccc32)o1. The highest BCUT2D eigenvalue weighted by atomic mass is 16.6. The molecular formula is C15H15N3O4. The molecule has 1 aromatic carbocycles. The van der Waals surface area contributed by atoms with Gasteiger partial charge in [0.1, 0.15) is 0 Å². The van der Waals surface area contributed by atoms with Gasteiger partial charge in [0.2, 0.25) is 11.8 Å². The number of hydrogen-bond acceptors (Lipinski definition) is 6. The van der Waals surface area contributed by atoms with E-state index in [4.69, 9.17) is 9.15 Å². The van der Waals surface area contributed by atoms with Gasteiger partial charge < -0.3 is 14.5 Å². The second kappa shape index (κ2) is 5.59. The summed E-state index contributed by atoms with van der Waals surface area (Å²) in [6.45, 7) is 3.31. The van der Waals surface area contributed by atoms with Crippen LogP contribution in [-0.2, 0) is 14.3 Å². The molecule has 0 aliphatic carbocycles. The fourth-order valence-corrected chi connectivity index (χ4v) is 2.40. The van der Waals surface area contributed by atoms with Crippen molar-refractivity contribution < 1.29 is 18.7 Å². The number of esters is 1. The van der Waals surface area contributed by atoms with E-state index in [9.17, 15) is 9.59 Å². The van der Waals surface area contributed by atoms with Crippen molar-refractivity contribution in [3.8, 4) is 0 Å². The zero-order valence-electron chi connectivity index (χ0n) is 12.2. The van der Waals surface area contributed by atoms with Crippen LogP contribution in [0.25, 0.3) is 0 Å². The predicted molar refractivity (Wildman–Crippen MR) is 76.0 cm³/mol. The average Bonchev–Trinajstić information content (AvgIpc) is 2.93. The number of amides is 1. The zero-order chi connectivity index (χ0) is 15.7. The van der Waals surface area contributed by atoms with Crippen LogP contribution in [0.4, 0.5) is 5.69 Å². The summed E-state index contributed by atoms with van der Waals surface area (Å²) in [4.78, 5) is 24.1. The van der Waals surface area contributed by atoms with Crippen LogP contribution in [0, 0.1) is 6.92 Å². The molecule has 114 valence electrons. The van der Waals surface area contributed by atoms with Gasteiger partial charge in [-0.25, -0.2) is 0 Å². The van der Waals surface area contributed by atoms with Crippen molar-refractivity contribution in [1.82, 2.24) is 10.2 Å². The topological polar surface area (TPSA) is 94.3 Å². The van der Waals surface area contributed by atoms with Crippen molar-refractivity contribution in [2.75, 3.05) is 5.32 Å². The van der Waals surface area contributed by atoms with E-state index >= 15 is 0 Å². The molecule has 2 heterocycles. The molecule has 0 unspecified atom stereocenters. The van der Waals surface area contributed by atoms with Crippen LogP contribution < -0.4 is 5.32 Å². The number of carbonyl (C=O) groups excluding carboxylic acids is 2. The normalized spacial score (nSPS) is 18.3. The van der Waals surface area contributed by atoms with E-state index in [0.717, 1.165) is 5.56 Å². The van der Waals surface area contributed by atoms with E-state index in [2.05, 4.69) is 15.5 Å². The maximum Gasteiger partial charge on any atom is 0.314 e. The second-order valence-electron chi connectivity index (χ2n) is 5.13. The number of aromatic nitrogens is 2. The molecule has 22 heavy (non-hydrogen) atoms. The van der Waals surface area contributed by atoms with Gasteiger partial charge in [0.15, 0.2) is 6.10 Å². The van der Waals surface area contributed by atoms with Gasteiger partial charge in [0.05, 0.1) is 5.92 Å². The molecule has 0 bridgehead atoms. The Balaban J connectivity index is 1.79. The van der Waals surface area contributed by atoms with Gasteiger partial charge in [0.25, 0.3) is 5.89 Å². The van der Waals surface area contributed by atoms with Crippen LogP contribution in [0.1, 0.15) is 42.7 Å². The Labute approximate surface area is 126 Å². The Kier molecular flexibility index (Phi) is 3.62. The summed E-state index contributed by atoms with van der Waals surface area (Å²) in [7, 11) is 0. The summed E-state index contributed by atoms with van der Waals surface area (Å²) in [6, 6.07) is 7.19. The molecule has 0 fully saturated rings. The summed E-state index contributed by atoms with van der Waals surface area (Å²) in [5.41, 5.74) is 1.39. The Morgan fingerprint density at radius 2 is 2.18 bits per heavy atom. The third-order valence-electron chi connectivity index (χ3n) is 3.47. The number of nitrogens with zero attached hydrogens (tertiary/aromatic N) is 2. The minimum atomic E-state index is -0.661. The molecule has 1 amide bonds. The number of rotatable bonds is 3. The van der Waals surface area contributed by atoms with Crippen LogP contribution in [0.5, 0.6) is 0 Å². The number of anilines is 1. The first-order chi connectivity index (χ1) is 10.5. The van der Waals surface area contributed by atoms with E-state index in [1.165, 1.54) is 0 Å². The molecule has 2 aromatic rings. The lowest BCUT2D eigenvalue weighted by Gasteiger charge is -2.24. The molecule has 1 aliphatic rings. The number of nitrogens with one attached hydrogen (secondary N) is 1. The maximum atomic E-state index is 12.4. The third-order valence-corrected chi connectivity index (χ3v) is 3.47. The highest BCUT2D eigenvalue weighted by Crippen LogP contribution is 2.34. The van der Waals surface area contributed by atoms with Crippen molar-refractivity contribution in [1.29, 1.82) is 0 Å². The molecular weight excluding hydrogens is 286 g/mol. The number of hydrogen-bond donors (Lipinski definition) is 1. The van der Waals surface area contributed by atoms with Crippen LogP contribution in [-0.4, -0.2) is 22.1 Å². The highest BCUT2D eigenvalue weighted by Gasteiger charge is 2.33. The minimum absolute atomic E-state index is 0.0609. The molecule has 7 heteroatoms. The molecule has 1 N–H and O–H groups in total.